The molecule has 122 valence electrons. The molecule has 1 aromatic heterocycles. The summed E-state index contributed by atoms with van der Waals surface area (Å²) in [6, 6.07) is 9.01. The fraction of sp³-hybridized carbons (Fsp3) is 0.200. The van der Waals surface area contributed by atoms with Gasteiger partial charge in [0.2, 0.25) is 5.91 Å². The van der Waals surface area contributed by atoms with Gasteiger partial charge in [-0.3, -0.25) is 4.79 Å². The van der Waals surface area contributed by atoms with Crippen LogP contribution in [0.1, 0.15) is 12.5 Å². The van der Waals surface area contributed by atoms with Crippen LogP contribution in [0.5, 0.6) is 0 Å². The monoisotopic (exact) mass is 342 g/mol. The average Bonchev–Trinajstić information content (AvgIpc) is 2.49. The van der Waals surface area contributed by atoms with E-state index in [9.17, 15) is 23.2 Å². The normalized spacial score (nSPS) is 12.7. The molecule has 1 N–H and O–H groups in total. The Morgan fingerprint density at radius 1 is 1.22 bits per heavy atom. The molecule has 0 aliphatic carbocycles. The van der Waals surface area contributed by atoms with Crippen LogP contribution in [0, 0.1) is 5.21 Å². The number of halogens is 3. The molecule has 0 aliphatic heterocycles. The third-order valence-electron chi connectivity index (χ3n) is 2.94. The van der Waals surface area contributed by atoms with E-state index >= 15 is 0 Å². The topological polar surface area (TPSA) is 56.0 Å². The van der Waals surface area contributed by atoms with Crippen molar-refractivity contribution in [1.29, 1.82) is 0 Å². The molecular formula is C15H13F3N2O2S. The highest BCUT2D eigenvalue weighted by molar-refractivity contribution is 8.00. The minimum absolute atomic E-state index is 0.263. The smallest absolute Gasteiger partial charge is 0.416 e. The number of benzene rings is 1. The van der Waals surface area contributed by atoms with Crippen LogP contribution in [0.4, 0.5) is 18.9 Å². The number of carbonyl (C=O) groups is 1. The Balaban J connectivity index is 2.00. The van der Waals surface area contributed by atoms with Crippen molar-refractivity contribution in [2.75, 3.05) is 5.32 Å². The van der Waals surface area contributed by atoms with Crippen LogP contribution in [-0.4, -0.2) is 11.2 Å². The highest BCUT2D eigenvalue weighted by Crippen LogP contribution is 2.30. The molecule has 0 saturated carbocycles. The van der Waals surface area contributed by atoms with Gasteiger partial charge in [-0.15, -0.1) is 0 Å². The molecule has 2 rings (SSSR count). The van der Waals surface area contributed by atoms with Crippen molar-refractivity contribution in [3.63, 3.8) is 0 Å². The molecule has 0 fully saturated rings. The number of thioether (sulfide) groups is 1. The Morgan fingerprint density at radius 2 is 1.87 bits per heavy atom. The molecule has 0 bridgehead atoms. The van der Waals surface area contributed by atoms with Gasteiger partial charge >= 0.3 is 6.18 Å². The Hall–Kier alpha value is -2.22. The second-order valence-electron chi connectivity index (χ2n) is 4.69. The molecule has 0 unspecified atom stereocenters. The molecule has 1 atom stereocenters. The third-order valence-corrected chi connectivity index (χ3v) is 4.06. The highest BCUT2D eigenvalue weighted by atomic mass is 32.2. The quantitative estimate of drug-likeness (QED) is 0.526. The lowest BCUT2D eigenvalue weighted by Crippen LogP contribution is -2.30. The van der Waals surface area contributed by atoms with E-state index in [1.54, 1.807) is 25.1 Å². The van der Waals surface area contributed by atoms with Gasteiger partial charge in [0, 0.05) is 17.8 Å². The van der Waals surface area contributed by atoms with Gasteiger partial charge in [0.05, 0.1) is 10.8 Å². The lowest BCUT2D eigenvalue weighted by Gasteiger charge is -2.12. The maximum absolute atomic E-state index is 12.5. The summed E-state index contributed by atoms with van der Waals surface area (Å²) in [7, 11) is 0. The number of amides is 1. The maximum Gasteiger partial charge on any atom is 0.416 e. The maximum atomic E-state index is 12.5. The zero-order chi connectivity index (χ0) is 17.0. The number of nitrogens with one attached hydrogen (secondary N) is 1. The van der Waals surface area contributed by atoms with Gasteiger partial charge in [0.25, 0.3) is 5.03 Å². The summed E-state index contributed by atoms with van der Waals surface area (Å²) in [5, 5.41) is 13.8. The Morgan fingerprint density at radius 3 is 2.43 bits per heavy atom. The first-order chi connectivity index (χ1) is 10.8. The van der Waals surface area contributed by atoms with Crippen LogP contribution < -0.4 is 10.0 Å². The van der Waals surface area contributed by atoms with Crippen molar-refractivity contribution in [2.45, 2.75) is 23.4 Å². The molecule has 2 aromatic rings. The molecule has 0 spiro atoms. The summed E-state index contributed by atoms with van der Waals surface area (Å²) in [6.45, 7) is 1.61. The summed E-state index contributed by atoms with van der Waals surface area (Å²) < 4.78 is 38.0. The van der Waals surface area contributed by atoms with Gasteiger partial charge < -0.3 is 10.5 Å². The number of carbonyl (C=O) groups excluding carboxylic acids is 1. The first kappa shape index (κ1) is 17.1. The zero-order valence-electron chi connectivity index (χ0n) is 12.0. The summed E-state index contributed by atoms with van der Waals surface area (Å²) >= 11 is 1.06. The zero-order valence-corrected chi connectivity index (χ0v) is 12.8. The SMILES string of the molecule is C[C@@H](Sc1cccc[n+]1[O-])C(=O)Nc1ccc(C(F)(F)F)cc1. The average molecular weight is 342 g/mol. The molecular weight excluding hydrogens is 329 g/mol. The molecule has 4 nitrogen and oxygen atoms in total. The number of hydrogen-bond donors (Lipinski definition) is 1. The minimum atomic E-state index is -4.42. The van der Waals surface area contributed by atoms with E-state index in [1.807, 2.05) is 0 Å². The van der Waals surface area contributed by atoms with Crippen molar-refractivity contribution >= 4 is 23.4 Å². The number of nitrogens with zero attached hydrogens (tertiary/aromatic N) is 1. The predicted octanol–water partition coefficient (Wildman–Crippen LogP) is 3.46. The molecule has 8 heteroatoms. The van der Waals surface area contributed by atoms with E-state index in [0.29, 0.717) is 9.76 Å². The first-order valence-electron chi connectivity index (χ1n) is 6.60. The van der Waals surface area contributed by atoms with Gasteiger partial charge in [-0.05, 0) is 49.0 Å². The highest BCUT2D eigenvalue weighted by Gasteiger charge is 2.30. The Kier molecular flexibility index (Phi) is 5.15. The Bertz CT molecular complexity index is 690. The fourth-order valence-electron chi connectivity index (χ4n) is 1.72. The standard InChI is InChI=1S/C15H13F3N2O2S/c1-10(23-13-4-2-3-9-20(13)22)14(21)19-12-7-5-11(6-8-12)15(16,17)18/h2-10H,1H3,(H,19,21)/t10-/m1/s1. The molecule has 0 aliphatic rings. The second-order valence-corrected chi connectivity index (χ2v) is 6.05. The largest absolute Gasteiger partial charge is 0.618 e. The first-order valence-corrected chi connectivity index (χ1v) is 7.48. The number of alkyl halides is 3. The van der Waals surface area contributed by atoms with Gasteiger partial charge in [0.1, 0.15) is 0 Å². The van der Waals surface area contributed by atoms with Crippen LogP contribution in [0.25, 0.3) is 0 Å². The molecule has 1 aromatic carbocycles. The van der Waals surface area contributed by atoms with Crippen LogP contribution in [0.2, 0.25) is 0 Å². The summed E-state index contributed by atoms with van der Waals surface area (Å²) in [5.41, 5.74) is -0.520. The number of anilines is 1. The van der Waals surface area contributed by atoms with E-state index < -0.39 is 22.9 Å². The molecule has 1 heterocycles. The van der Waals surface area contributed by atoms with Crippen molar-refractivity contribution < 1.29 is 22.7 Å². The van der Waals surface area contributed by atoms with Gasteiger partial charge in [-0.25, -0.2) is 0 Å². The third kappa shape index (κ3) is 4.62. The minimum Gasteiger partial charge on any atom is -0.618 e. The van der Waals surface area contributed by atoms with E-state index in [1.165, 1.54) is 18.3 Å². The van der Waals surface area contributed by atoms with Gasteiger partial charge in [0.15, 0.2) is 6.20 Å². The van der Waals surface area contributed by atoms with Crippen LogP contribution in [-0.2, 0) is 11.0 Å². The van der Waals surface area contributed by atoms with Crippen LogP contribution in [0.15, 0.2) is 53.7 Å². The fourth-order valence-corrected chi connectivity index (χ4v) is 2.58. The molecule has 0 radical (unpaired) electrons. The van der Waals surface area contributed by atoms with Crippen LogP contribution >= 0.6 is 11.8 Å². The number of aromatic nitrogens is 1. The molecule has 0 saturated heterocycles. The van der Waals surface area contributed by atoms with Gasteiger partial charge in [-0.2, -0.15) is 17.9 Å². The number of hydrogen-bond acceptors (Lipinski definition) is 3. The summed E-state index contributed by atoms with van der Waals surface area (Å²) in [5.74, 6) is -0.404. The lowest BCUT2D eigenvalue weighted by molar-refractivity contribution is -0.645. The predicted molar refractivity (Wildman–Crippen MR) is 80.8 cm³/mol. The van der Waals surface area contributed by atoms with Crippen molar-refractivity contribution in [3.05, 3.63) is 59.4 Å². The van der Waals surface area contributed by atoms with E-state index in [2.05, 4.69) is 5.32 Å². The molecule has 23 heavy (non-hydrogen) atoms. The Labute approximate surface area is 134 Å². The second kappa shape index (κ2) is 6.91. The summed E-state index contributed by atoms with van der Waals surface area (Å²) in [4.78, 5) is 12.0. The lowest BCUT2D eigenvalue weighted by atomic mass is 10.2. The summed E-state index contributed by atoms with van der Waals surface area (Å²) in [6.07, 6.45) is -3.09. The van der Waals surface area contributed by atoms with Crippen LogP contribution in [0.3, 0.4) is 0 Å². The van der Waals surface area contributed by atoms with Crippen molar-refractivity contribution in [1.82, 2.24) is 0 Å². The van der Waals surface area contributed by atoms with Crippen molar-refractivity contribution in [2.24, 2.45) is 0 Å². The van der Waals surface area contributed by atoms with E-state index in [4.69, 9.17) is 0 Å². The van der Waals surface area contributed by atoms with E-state index in [-0.39, 0.29) is 5.69 Å². The number of pyridine rings is 1. The number of rotatable bonds is 4. The van der Waals surface area contributed by atoms with E-state index in [0.717, 1.165) is 23.9 Å². The molecule has 1 amide bonds. The van der Waals surface area contributed by atoms with Crippen molar-refractivity contribution in [3.8, 4) is 0 Å². The van der Waals surface area contributed by atoms with Gasteiger partial charge in [-0.1, -0.05) is 0 Å².